The molecule has 0 aromatic heterocycles. The molecule has 1 heterocycles. The summed E-state index contributed by atoms with van der Waals surface area (Å²) in [7, 11) is 0. The number of hydrogen-bond acceptors (Lipinski definition) is 4. The van der Waals surface area contributed by atoms with Gasteiger partial charge in [-0.25, -0.2) is 0 Å². The third-order valence-corrected chi connectivity index (χ3v) is 3.71. The molecule has 2 aromatic carbocycles. The maximum atomic E-state index is 4.60. The van der Waals surface area contributed by atoms with Gasteiger partial charge in [0, 0.05) is 6.54 Å². The monoisotopic (exact) mass is 271 g/mol. The van der Waals surface area contributed by atoms with Gasteiger partial charge >= 0.3 is 0 Å². The summed E-state index contributed by atoms with van der Waals surface area (Å²) in [5.41, 5.74) is 2.51. The standard InChI is InChI=1S/C15H17N3S/c19-15-16-12-18(14-9-5-2-6-10-14)17(15)11-13-7-3-1-4-8-13/h1-10,15-16,19H,11-12H2. The molecule has 1 aliphatic rings. The summed E-state index contributed by atoms with van der Waals surface area (Å²) in [6.07, 6.45) is 0. The van der Waals surface area contributed by atoms with Crippen molar-refractivity contribution in [2.75, 3.05) is 11.7 Å². The van der Waals surface area contributed by atoms with Crippen LogP contribution in [0.4, 0.5) is 5.69 Å². The van der Waals surface area contributed by atoms with Crippen LogP contribution in [0.5, 0.6) is 0 Å². The Bertz CT molecular complexity index is 517. The van der Waals surface area contributed by atoms with E-state index in [0.29, 0.717) is 0 Å². The van der Waals surface area contributed by atoms with Crippen molar-refractivity contribution in [3.8, 4) is 0 Å². The molecule has 0 saturated carbocycles. The molecule has 2 aromatic rings. The summed E-state index contributed by atoms with van der Waals surface area (Å²) in [5, 5.41) is 7.81. The fourth-order valence-electron chi connectivity index (χ4n) is 2.28. The van der Waals surface area contributed by atoms with E-state index in [0.717, 1.165) is 13.2 Å². The molecule has 19 heavy (non-hydrogen) atoms. The van der Waals surface area contributed by atoms with Crippen LogP contribution in [0, 0.1) is 0 Å². The van der Waals surface area contributed by atoms with E-state index in [-0.39, 0.29) is 5.50 Å². The Morgan fingerprint density at radius 1 is 1.00 bits per heavy atom. The Morgan fingerprint density at radius 2 is 1.63 bits per heavy atom. The average Bonchev–Trinajstić information content (AvgIpc) is 2.82. The minimum atomic E-state index is 0.0420. The summed E-state index contributed by atoms with van der Waals surface area (Å²) in [5.74, 6) is 0. The van der Waals surface area contributed by atoms with E-state index < -0.39 is 0 Å². The van der Waals surface area contributed by atoms with Crippen LogP contribution in [0.25, 0.3) is 0 Å². The Hall–Kier alpha value is -1.49. The quantitative estimate of drug-likeness (QED) is 0.837. The van der Waals surface area contributed by atoms with Crippen LogP contribution in [0.2, 0.25) is 0 Å². The van der Waals surface area contributed by atoms with E-state index in [1.807, 2.05) is 12.1 Å². The van der Waals surface area contributed by atoms with Gasteiger partial charge in [0.15, 0.2) is 0 Å². The molecule has 3 nitrogen and oxygen atoms in total. The molecule has 1 unspecified atom stereocenters. The zero-order chi connectivity index (χ0) is 13.1. The number of anilines is 1. The maximum absolute atomic E-state index is 4.60. The molecule has 1 N–H and O–H groups in total. The summed E-state index contributed by atoms with van der Waals surface area (Å²) in [6.45, 7) is 1.63. The van der Waals surface area contributed by atoms with Crippen molar-refractivity contribution in [2.45, 2.75) is 12.0 Å². The summed E-state index contributed by atoms with van der Waals surface area (Å²) >= 11 is 4.60. The van der Waals surface area contributed by atoms with Gasteiger partial charge in [0.25, 0.3) is 0 Å². The molecule has 1 aliphatic heterocycles. The lowest BCUT2D eigenvalue weighted by atomic mass is 10.2. The second-order valence-electron chi connectivity index (χ2n) is 4.55. The molecule has 4 heteroatoms. The number of nitrogens with one attached hydrogen (secondary N) is 1. The van der Waals surface area contributed by atoms with E-state index in [2.05, 4.69) is 76.5 Å². The normalized spacial score (nSPS) is 19.8. The highest BCUT2D eigenvalue weighted by Crippen LogP contribution is 2.23. The first-order valence-electron chi connectivity index (χ1n) is 6.39. The number of rotatable bonds is 3. The molecule has 1 saturated heterocycles. The molecule has 1 atom stereocenters. The highest BCUT2D eigenvalue weighted by molar-refractivity contribution is 7.80. The number of hydrazine groups is 1. The molecule has 0 radical (unpaired) electrons. The first-order chi connectivity index (χ1) is 9.34. The van der Waals surface area contributed by atoms with Crippen LogP contribution in [0.1, 0.15) is 5.56 Å². The van der Waals surface area contributed by atoms with Gasteiger partial charge in [-0.1, -0.05) is 48.5 Å². The van der Waals surface area contributed by atoms with E-state index in [4.69, 9.17) is 0 Å². The lowest BCUT2D eigenvalue weighted by molar-refractivity contribution is 0.277. The van der Waals surface area contributed by atoms with Gasteiger partial charge in [-0.15, -0.1) is 12.6 Å². The van der Waals surface area contributed by atoms with E-state index >= 15 is 0 Å². The van der Waals surface area contributed by atoms with Crippen LogP contribution in [-0.4, -0.2) is 17.2 Å². The van der Waals surface area contributed by atoms with Gasteiger partial charge in [-0.2, -0.15) is 5.01 Å². The Balaban J connectivity index is 1.81. The fraction of sp³-hybridized carbons (Fsp3) is 0.200. The van der Waals surface area contributed by atoms with Crippen molar-refractivity contribution in [3.63, 3.8) is 0 Å². The topological polar surface area (TPSA) is 18.5 Å². The highest BCUT2D eigenvalue weighted by Gasteiger charge is 2.28. The van der Waals surface area contributed by atoms with Crippen molar-refractivity contribution in [1.29, 1.82) is 0 Å². The maximum Gasteiger partial charge on any atom is 0.124 e. The molecule has 3 rings (SSSR count). The van der Waals surface area contributed by atoms with Gasteiger partial charge in [-0.3, -0.25) is 10.3 Å². The summed E-state index contributed by atoms with van der Waals surface area (Å²) < 4.78 is 0. The third kappa shape index (κ3) is 2.76. The Kier molecular flexibility index (Phi) is 3.73. The predicted octanol–water partition coefficient (Wildman–Crippen LogP) is 2.68. The minimum absolute atomic E-state index is 0.0420. The summed E-state index contributed by atoms with van der Waals surface area (Å²) in [4.78, 5) is 0. The molecular formula is C15H17N3S. The van der Waals surface area contributed by atoms with Crippen LogP contribution in [-0.2, 0) is 6.54 Å². The van der Waals surface area contributed by atoms with Crippen LogP contribution < -0.4 is 10.3 Å². The predicted molar refractivity (Wildman–Crippen MR) is 81.7 cm³/mol. The van der Waals surface area contributed by atoms with Gasteiger partial charge in [0.2, 0.25) is 0 Å². The van der Waals surface area contributed by atoms with Crippen LogP contribution >= 0.6 is 12.6 Å². The van der Waals surface area contributed by atoms with Crippen molar-refractivity contribution in [2.24, 2.45) is 0 Å². The number of thiol groups is 1. The van der Waals surface area contributed by atoms with Gasteiger partial charge < -0.3 is 0 Å². The van der Waals surface area contributed by atoms with E-state index in [1.54, 1.807) is 0 Å². The molecular weight excluding hydrogens is 254 g/mol. The fourth-order valence-corrected chi connectivity index (χ4v) is 2.57. The van der Waals surface area contributed by atoms with Crippen molar-refractivity contribution in [1.82, 2.24) is 10.3 Å². The number of para-hydroxylation sites is 1. The molecule has 1 fully saturated rings. The van der Waals surface area contributed by atoms with E-state index in [1.165, 1.54) is 11.3 Å². The Morgan fingerprint density at radius 3 is 2.32 bits per heavy atom. The highest BCUT2D eigenvalue weighted by atomic mass is 32.1. The van der Waals surface area contributed by atoms with Gasteiger partial charge in [-0.05, 0) is 17.7 Å². The molecule has 0 amide bonds. The second-order valence-corrected chi connectivity index (χ2v) is 5.04. The molecule has 0 bridgehead atoms. The molecule has 0 spiro atoms. The van der Waals surface area contributed by atoms with Crippen LogP contribution in [0.15, 0.2) is 60.7 Å². The zero-order valence-electron chi connectivity index (χ0n) is 10.6. The first kappa shape index (κ1) is 12.5. The zero-order valence-corrected chi connectivity index (χ0v) is 11.5. The minimum Gasteiger partial charge on any atom is -0.289 e. The van der Waals surface area contributed by atoms with E-state index in [9.17, 15) is 0 Å². The number of benzene rings is 2. The van der Waals surface area contributed by atoms with Crippen molar-refractivity contribution in [3.05, 3.63) is 66.2 Å². The van der Waals surface area contributed by atoms with Gasteiger partial charge in [0.05, 0.1) is 12.4 Å². The smallest absolute Gasteiger partial charge is 0.124 e. The van der Waals surface area contributed by atoms with Crippen molar-refractivity contribution >= 4 is 18.3 Å². The first-order valence-corrected chi connectivity index (χ1v) is 6.91. The number of hydrogen-bond donors (Lipinski definition) is 2. The third-order valence-electron chi connectivity index (χ3n) is 3.26. The second kappa shape index (κ2) is 5.65. The summed E-state index contributed by atoms with van der Waals surface area (Å²) in [6, 6.07) is 20.8. The number of nitrogens with zero attached hydrogens (tertiary/aromatic N) is 2. The SMILES string of the molecule is SC1NCN(c2ccccc2)N1Cc1ccccc1. The lowest BCUT2D eigenvalue weighted by Crippen LogP contribution is -2.39. The van der Waals surface area contributed by atoms with Crippen LogP contribution in [0.3, 0.4) is 0 Å². The average molecular weight is 271 g/mol. The van der Waals surface area contributed by atoms with Crippen molar-refractivity contribution < 1.29 is 0 Å². The molecule has 98 valence electrons. The Labute approximate surface area is 119 Å². The molecule has 0 aliphatic carbocycles. The lowest BCUT2D eigenvalue weighted by Gasteiger charge is -2.30. The largest absolute Gasteiger partial charge is 0.289 e. The van der Waals surface area contributed by atoms with Gasteiger partial charge in [0.1, 0.15) is 5.50 Å².